The molecule has 4 heteroatoms. The summed E-state index contributed by atoms with van der Waals surface area (Å²) in [7, 11) is 0. The average Bonchev–Trinajstić information content (AvgIpc) is 2.53. The van der Waals surface area contributed by atoms with Gasteiger partial charge in [0.05, 0.1) is 6.61 Å². The minimum atomic E-state index is 0.106. The Hall–Kier alpha value is -2.49. The standard InChI is InChI=1S/C18H21NO3/c1-15(2)22-19-13-6-14-20-16-9-11-18(12-10-16)21-17-7-4-3-5-8-17/h3-5,7-13,15H,6,14H2,1-2H3/b19-13+. The molecule has 2 aromatic rings. The van der Waals surface area contributed by atoms with Crippen molar-refractivity contribution in [2.75, 3.05) is 6.61 Å². The predicted molar refractivity (Wildman–Crippen MR) is 87.8 cm³/mol. The van der Waals surface area contributed by atoms with Crippen molar-refractivity contribution in [2.45, 2.75) is 26.4 Å². The van der Waals surface area contributed by atoms with Crippen LogP contribution in [-0.4, -0.2) is 18.9 Å². The summed E-state index contributed by atoms with van der Waals surface area (Å²) in [5.41, 5.74) is 0. The zero-order chi connectivity index (χ0) is 15.6. The third-order valence-corrected chi connectivity index (χ3v) is 2.66. The van der Waals surface area contributed by atoms with Crippen molar-refractivity contribution in [2.24, 2.45) is 5.16 Å². The van der Waals surface area contributed by atoms with Crippen LogP contribution in [0.5, 0.6) is 17.2 Å². The monoisotopic (exact) mass is 299 g/mol. The lowest BCUT2D eigenvalue weighted by atomic mass is 10.3. The van der Waals surface area contributed by atoms with Crippen molar-refractivity contribution < 1.29 is 14.3 Å². The van der Waals surface area contributed by atoms with E-state index in [1.54, 1.807) is 6.21 Å². The molecule has 2 rings (SSSR count). The van der Waals surface area contributed by atoms with Crippen LogP contribution < -0.4 is 9.47 Å². The van der Waals surface area contributed by atoms with Gasteiger partial charge in [-0.3, -0.25) is 0 Å². The van der Waals surface area contributed by atoms with Gasteiger partial charge in [0, 0.05) is 12.6 Å². The first-order valence-corrected chi connectivity index (χ1v) is 7.37. The fourth-order valence-corrected chi connectivity index (χ4v) is 1.68. The summed E-state index contributed by atoms with van der Waals surface area (Å²) in [5, 5.41) is 3.84. The summed E-state index contributed by atoms with van der Waals surface area (Å²) >= 11 is 0. The smallest absolute Gasteiger partial charge is 0.127 e. The molecule has 0 aliphatic heterocycles. The Labute approximate surface area is 131 Å². The molecule has 0 saturated carbocycles. The molecule has 22 heavy (non-hydrogen) atoms. The van der Waals surface area contributed by atoms with Crippen molar-refractivity contribution in [3.05, 3.63) is 54.6 Å². The molecule has 0 aliphatic carbocycles. The maximum Gasteiger partial charge on any atom is 0.127 e. The highest BCUT2D eigenvalue weighted by Gasteiger charge is 1.98. The Morgan fingerprint density at radius 3 is 2.23 bits per heavy atom. The molecule has 2 aromatic carbocycles. The number of oxime groups is 1. The highest BCUT2D eigenvalue weighted by Crippen LogP contribution is 2.23. The summed E-state index contributed by atoms with van der Waals surface area (Å²) in [6, 6.07) is 17.2. The van der Waals surface area contributed by atoms with Gasteiger partial charge in [0.25, 0.3) is 0 Å². The highest BCUT2D eigenvalue weighted by atomic mass is 16.6. The van der Waals surface area contributed by atoms with Crippen molar-refractivity contribution in [1.82, 2.24) is 0 Å². The van der Waals surface area contributed by atoms with Gasteiger partial charge in [-0.25, -0.2) is 0 Å². The SMILES string of the molecule is CC(C)O/N=C/CCOc1ccc(Oc2ccccc2)cc1. The summed E-state index contributed by atoms with van der Waals surface area (Å²) in [6.45, 7) is 4.43. The largest absolute Gasteiger partial charge is 0.493 e. The molecule has 0 saturated heterocycles. The maximum absolute atomic E-state index is 5.72. The second-order valence-electron chi connectivity index (χ2n) is 4.97. The van der Waals surface area contributed by atoms with Crippen molar-refractivity contribution >= 4 is 6.21 Å². The zero-order valence-corrected chi connectivity index (χ0v) is 12.9. The Kier molecular flexibility index (Phi) is 6.30. The second kappa shape index (κ2) is 8.72. The van der Waals surface area contributed by atoms with Crippen LogP contribution in [0.3, 0.4) is 0 Å². The molecule has 0 bridgehead atoms. The quantitative estimate of drug-likeness (QED) is 0.404. The number of para-hydroxylation sites is 1. The van der Waals surface area contributed by atoms with E-state index in [1.807, 2.05) is 68.4 Å². The highest BCUT2D eigenvalue weighted by molar-refractivity contribution is 5.56. The van der Waals surface area contributed by atoms with Crippen LogP contribution in [0.25, 0.3) is 0 Å². The first-order valence-electron chi connectivity index (χ1n) is 7.37. The molecular weight excluding hydrogens is 278 g/mol. The summed E-state index contributed by atoms with van der Waals surface area (Å²) in [6.07, 6.45) is 2.52. The van der Waals surface area contributed by atoms with E-state index in [1.165, 1.54) is 0 Å². The Bertz CT molecular complexity index is 565. The van der Waals surface area contributed by atoms with E-state index in [2.05, 4.69) is 5.16 Å². The fraction of sp³-hybridized carbons (Fsp3) is 0.278. The van der Waals surface area contributed by atoms with Crippen LogP contribution in [0.1, 0.15) is 20.3 Å². The van der Waals surface area contributed by atoms with Gasteiger partial charge in [-0.05, 0) is 50.2 Å². The van der Waals surface area contributed by atoms with Crippen molar-refractivity contribution in [3.63, 3.8) is 0 Å². The molecule has 4 nitrogen and oxygen atoms in total. The first-order chi connectivity index (χ1) is 10.7. The maximum atomic E-state index is 5.72. The number of rotatable bonds is 8. The molecule has 0 spiro atoms. The minimum absolute atomic E-state index is 0.106. The van der Waals surface area contributed by atoms with Crippen LogP contribution in [0.4, 0.5) is 0 Å². The normalized spacial score (nSPS) is 10.9. The minimum Gasteiger partial charge on any atom is -0.493 e. The van der Waals surface area contributed by atoms with Gasteiger partial charge >= 0.3 is 0 Å². The lowest BCUT2D eigenvalue weighted by Gasteiger charge is -2.07. The van der Waals surface area contributed by atoms with Crippen LogP contribution in [0.2, 0.25) is 0 Å². The Morgan fingerprint density at radius 1 is 0.909 bits per heavy atom. The van der Waals surface area contributed by atoms with E-state index in [0.29, 0.717) is 13.0 Å². The molecule has 0 radical (unpaired) electrons. The predicted octanol–water partition coefficient (Wildman–Crippen LogP) is 4.66. The van der Waals surface area contributed by atoms with E-state index in [4.69, 9.17) is 14.3 Å². The van der Waals surface area contributed by atoms with E-state index < -0.39 is 0 Å². The van der Waals surface area contributed by atoms with Crippen LogP contribution in [0.15, 0.2) is 59.8 Å². The Morgan fingerprint density at radius 2 is 1.55 bits per heavy atom. The number of benzene rings is 2. The average molecular weight is 299 g/mol. The van der Waals surface area contributed by atoms with Gasteiger partial charge in [0.1, 0.15) is 23.4 Å². The van der Waals surface area contributed by atoms with Crippen LogP contribution in [0, 0.1) is 0 Å². The van der Waals surface area contributed by atoms with Gasteiger partial charge < -0.3 is 14.3 Å². The number of hydrogen-bond acceptors (Lipinski definition) is 4. The molecule has 0 unspecified atom stereocenters. The third-order valence-electron chi connectivity index (χ3n) is 2.66. The molecule has 0 aliphatic rings. The molecule has 116 valence electrons. The van der Waals surface area contributed by atoms with Gasteiger partial charge in [-0.15, -0.1) is 0 Å². The lowest BCUT2D eigenvalue weighted by Crippen LogP contribution is -2.00. The molecule has 0 heterocycles. The third kappa shape index (κ3) is 5.87. The van der Waals surface area contributed by atoms with E-state index in [-0.39, 0.29) is 6.10 Å². The van der Waals surface area contributed by atoms with E-state index in [9.17, 15) is 0 Å². The van der Waals surface area contributed by atoms with Gasteiger partial charge in [0.2, 0.25) is 0 Å². The van der Waals surface area contributed by atoms with Crippen molar-refractivity contribution in [3.8, 4) is 17.2 Å². The summed E-state index contributed by atoms with van der Waals surface area (Å²) in [4.78, 5) is 5.06. The van der Waals surface area contributed by atoms with Crippen LogP contribution in [-0.2, 0) is 4.84 Å². The molecule has 0 aromatic heterocycles. The summed E-state index contributed by atoms with van der Waals surface area (Å²) < 4.78 is 11.3. The molecule has 0 amide bonds. The molecule has 0 N–H and O–H groups in total. The van der Waals surface area contributed by atoms with E-state index >= 15 is 0 Å². The number of nitrogens with zero attached hydrogens (tertiary/aromatic N) is 1. The van der Waals surface area contributed by atoms with E-state index in [0.717, 1.165) is 17.2 Å². The van der Waals surface area contributed by atoms with Gasteiger partial charge in [-0.2, -0.15) is 0 Å². The molecule has 0 fully saturated rings. The fourth-order valence-electron chi connectivity index (χ4n) is 1.68. The summed E-state index contributed by atoms with van der Waals surface area (Å²) in [5.74, 6) is 2.40. The Balaban J connectivity index is 1.74. The lowest BCUT2D eigenvalue weighted by molar-refractivity contribution is 0.0866. The second-order valence-corrected chi connectivity index (χ2v) is 4.97. The zero-order valence-electron chi connectivity index (χ0n) is 12.9. The molecule has 0 atom stereocenters. The van der Waals surface area contributed by atoms with Crippen LogP contribution >= 0.6 is 0 Å². The van der Waals surface area contributed by atoms with Crippen molar-refractivity contribution in [1.29, 1.82) is 0 Å². The topological polar surface area (TPSA) is 40.0 Å². The van der Waals surface area contributed by atoms with Gasteiger partial charge in [0.15, 0.2) is 0 Å². The van der Waals surface area contributed by atoms with Gasteiger partial charge in [-0.1, -0.05) is 23.4 Å². The number of ether oxygens (including phenoxy) is 2. The molecular formula is C18H21NO3. The first kappa shape index (κ1) is 15.9. The number of hydrogen-bond donors (Lipinski definition) is 0.